The molecule has 1 heterocycles. The molecule has 0 spiro atoms. The number of nitrogens with one attached hydrogen (secondary N) is 1. The van der Waals surface area contributed by atoms with E-state index in [2.05, 4.69) is 18.3 Å². The Balaban J connectivity index is 0.943. The van der Waals surface area contributed by atoms with Gasteiger partial charge in [-0.05, 0) is 97.9 Å². The number of aliphatic hydroxyl groups is 3. The first kappa shape index (κ1) is 42.2. The Hall–Kier alpha value is -5.12. The monoisotopic (exact) mass is 851 g/mol. The minimum atomic E-state index is -2.32. The highest BCUT2D eigenvalue weighted by Crippen LogP contribution is 2.63. The first-order valence-electron chi connectivity index (χ1n) is 21.6. The second-order valence-electron chi connectivity index (χ2n) is 18.4. The third-order valence-electron chi connectivity index (χ3n) is 15.2. The number of allylic oxidation sites excluding steroid dienone is 1. The number of Topliss-reactive ketones (excluding diaryl/α,β-unsaturated/α-hetero) is 1. The van der Waals surface area contributed by atoms with Crippen molar-refractivity contribution in [1.82, 2.24) is 5.32 Å². The third kappa shape index (κ3) is 6.64. The largest absolute Gasteiger partial charge is 0.508 e. The summed E-state index contributed by atoms with van der Waals surface area (Å²) in [5.74, 6) is -2.44. The van der Waals surface area contributed by atoms with Crippen LogP contribution in [0.4, 0.5) is 0 Å². The number of aromatic hydroxyl groups is 3. The van der Waals surface area contributed by atoms with Crippen LogP contribution in [-0.4, -0.2) is 97.8 Å². The van der Waals surface area contributed by atoms with Crippen LogP contribution in [-0.2, 0) is 31.9 Å². The van der Waals surface area contributed by atoms with Crippen molar-refractivity contribution in [1.29, 1.82) is 0 Å². The highest BCUT2D eigenvalue weighted by Gasteiger charge is 2.53. The number of hydrogen-bond donors (Lipinski definition) is 7. The fraction of sp³-hybridized carbons (Fsp3) is 0.500. The number of aliphatic hydroxyl groups excluding tert-OH is 2. The zero-order valence-corrected chi connectivity index (χ0v) is 35.0. The summed E-state index contributed by atoms with van der Waals surface area (Å²) in [4.78, 5) is 54.6. The zero-order valence-electron chi connectivity index (χ0n) is 35.0. The van der Waals surface area contributed by atoms with Crippen LogP contribution in [0.1, 0.15) is 131 Å². The highest BCUT2D eigenvalue weighted by atomic mass is 16.7. The number of carbonyl (C=O) groups is 4. The molecule has 14 nitrogen and oxygen atoms in total. The van der Waals surface area contributed by atoms with Crippen LogP contribution >= 0.6 is 0 Å². The summed E-state index contributed by atoms with van der Waals surface area (Å²) in [7, 11) is 1.32. The summed E-state index contributed by atoms with van der Waals surface area (Å²) in [6.07, 6.45) is 2.28. The van der Waals surface area contributed by atoms with Crippen LogP contribution in [0.15, 0.2) is 48.0 Å². The second-order valence-corrected chi connectivity index (χ2v) is 18.4. The van der Waals surface area contributed by atoms with Gasteiger partial charge in [0.1, 0.15) is 41.3 Å². The number of phenolic OH excluding ortho intramolecular Hbond substituents is 3. The number of ketones is 3. The van der Waals surface area contributed by atoms with E-state index < -0.39 is 95.7 Å². The molecular weight excluding hydrogens is 799 g/mol. The van der Waals surface area contributed by atoms with Gasteiger partial charge in [0.25, 0.3) is 0 Å². The molecule has 1 saturated heterocycles. The Morgan fingerprint density at radius 1 is 1.00 bits per heavy atom. The molecule has 6 aliphatic rings. The van der Waals surface area contributed by atoms with Crippen molar-refractivity contribution in [3.05, 3.63) is 92.6 Å². The summed E-state index contributed by atoms with van der Waals surface area (Å²) in [6, 6.07) is 9.31. The van der Waals surface area contributed by atoms with Gasteiger partial charge in [-0.3, -0.25) is 19.2 Å². The summed E-state index contributed by atoms with van der Waals surface area (Å²) >= 11 is 0. The number of amides is 1. The summed E-state index contributed by atoms with van der Waals surface area (Å²) in [5.41, 5.74) is -0.0198. The minimum Gasteiger partial charge on any atom is -0.508 e. The highest BCUT2D eigenvalue weighted by molar-refractivity contribution is 6.31. The molecule has 1 amide bonds. The van der Waals surface area contributed by atoms with E-state index >= 15 is 0 Å². The smallest absolute Gasteiger partial charge is 0.224 e. The van der Waals surface area contributed by atoms with Gasteiger partial charge in [-0.2, -0.15) is 0 Å². The first-order valence-corrected chi connectivity index (χ1v) is 21.6. The number of hydrogen-bond acceptors (Lipinski definition) is 13. The average molecular weight is 852 g/mol. The van der Waals surface area contributed by atoms with Crippen molar-refractivity contribution in [3.63, 3.8) is 0 Å². The number of rotatable bonds is 8. The Morgan fingerprint density at radius 3 is 2.53 bits per heavy atom. The van der Waals surface area contributed by atoms with E-state index in [9.17, 15) is 49.8 Å². The molecule has 3 aromatic rings. The van der Waals surface area contributed by atoms with Crippen molar-refractivity contribution < 1.29 is 64.0 Å². The second kappa shape index (κ2) is 15.6. The molecule has 10 atom stereocenters. The van der Waals surface area contributed by atoms with Gasteiger partial charge < -0.3 is 50.2 Å². The Kier molecular flexibility index (Phi) is 10.6. The molecule has 5 aliphatic carbocycles. The number of fused-ring (bicyclic) bond motifs is 8. The quantitative estimate of drug-likeness (QED) is 0.0941. The lowest BCUT2D eigenvalue weighted by atomic mass is 9.55. The van der Waals surface area contributed by atoms with E-state index in [-0.39, 0.29) is 52.2 Å². The molecule has 7 N–H and O–H groups in total. The Bertz CT molecular complexity index is 2430. The summed E-state index contributed by atoms with van der Waals surface area (Å²) in [6.45, 7) is 2.87. The van der Waals surface area contributed by atoms with Gasteiger partial charge in [-0.25, -0.2) is 0 Å². The molecule has 1 aliphatic heterocycles. The van der Waals surface area contributed by atoms with E-state index in [4.69, 9.17) is 14.2 Å². The van der Waals surface area contributed by atoms with E-state index in [1.54, 1.807) is 13.0 Å². The maximum absolute atomic E-state index is 14.0. The van der Waals surface area contributed by atoms with Gasteiger partial charge in [-0.15, -0.1) is 0 Å². The maximum atomic E-state index is 14.0. The Labute approximate surface area is 358 Å². The van der Waals surface area contributed by atoms with E-state index in [0.717, 1.165) is 38.5 Å². The molecule has 9 rings (SSSR count). The van der Waals surface area contributed by atoms with Crippen molar-refractivity contribution in [2.45, 2.75) is 120 Å². The van der Waals surface area contributed by atoms with Crippen molar-refractivity contribution in [2.75, 3.05) is 13.7 Å². The van der Waals surface area contributed by atoms with Gasteiger partial charge in [0.2, 0.25) is 11.7 Å². The lowest BCUT2D eigenvalue weighted by molar-refractivity contribution is -0.249. The molecule has 0 aromatic heterocycles. The van der Waals surface area contributed by atoms with Crippen LogP contribution in [0, 0.1) is 17.3 Å². The van der Waals surface area contributed by atoms with E-state index in [1.165, 1.54) is 42.0 Å². The molecule has 3 fully saturated rings. The van der Waals surface area contributed by atoms with Gasteiger partial charge >= 0.3 is 0 Å². The number of phenols is 3. The predicted octanol–water partition coefficient (Wildman–Crippen LogP) is 4.74. The number of ether oxygens (including phenoxy) is 3. The molecule has 0 radical (unpaired) electrons. The SMILES string of the molecule is COc1cccc2c1C(=O)c1c(O)c3c(c(O)c1C2=O)C[C@@](O)(C(=O)CO)C[C@@H]3O[C@H]1C[C@H](NC(=O)C/C=C2\CC[C@H]3[C@@H]4CCc5cc(O)ccc5[C@H]4CC[C@]23C)[C@H](O)[C@H](C)O1. The van der Waals surface area contributed by atoms with Gasteiger partial charge in [-0.1, -0.05) is 36.8 Å². The molecule has 3 aromatic carbocycles. The van der Waals surface area contributed by atoms with E-state index in [0.29, 0.717) is 23.5 Å². The average Bonchev–Trinajstić information content (AvgIpc) is 3.59. The predicted molar refractivity (Wildman–Crippen MR) is 221 cm³/mol. The minimum absolute atomic E-state index is 0.0241. The number of methoxy groups -OCH3 is 1. The standard InChI is InChI=1S/C48H53NO13/c1-22-42(54)32(49-36(53)14-9-24-8-13-31-28-11-7-23-17-25(51)10-12-26(23)27(28)15-16-47(24,31)2)18-37(61-22)62-34-20-48(59,35(52)21-50)19-30-39(34)46(58)41-40(44(30)56)43(55)29-5-4-6-33(60-3)38(29)45(41)57/h4-6,9-10,12,17,22,27-28,31-32,34,37,42,50-51,54,56,58-59H,7-8,11,13-16,18-21H2,1-3H3,(H,49,53)/b24-9+/t22-,27+,28+,31-,32-,34-,37-,42+,47+,48-/m0/s1. The van der Waals surface area contributed by atoms with E-state index in [1.807, 2.05) is 12.1 Å². The third-order valence-corrected chi connectivity index (χ3v) is 15.2. The van der Waals surface area contributed by atoms with Crippen LogP contribution < -0.4 is 10.1 Å². The fourth-order valence-corrected chi connectivity index (χ4v) is 12.1. The van der Waals surface area contributed by atoms with Crippen molar-refractivity contribution in [2.24, 2.45) is 17.3 Å². The molecule has 0 bridgehead atoms. The molecule has 2 saturated carbocycles. The summed E-state index contributed by atoms with van der Waals surface area (Å²) in [5, 5.41) is 69.3. The topological polar surface area (TPSA) is 229 Å². The number of aryl methyl sites for hydroxylation is 1. The molecule has 62 heavy (non-hydrogen) atoms. The normalized spacial score (nSPS) is 32.8. The van der Waals surface area contributed by atoms with Crippen LogP contribution in [0.3, 0.4) is 0 Å². The molecular formula is C48H53NO13. The lowest BCUT2D eigenvalue weighted by Gasteiger charge is -2.49. The first-order chi connectivity index (χ1) is 29.6. The van der Waals surface area contributed by atoms with Crippen molar-refractivity contribution in [3.8, 4) is 23.0 Å². The van der Waals surface area contributed by atoms with Gasteiger partial charge in [0.15, 0.2) is 17.9 Å². The molecule has 14 heteroatoms. The fourth-order valence-electron chi connectivity index (χ4n) is 12.1. The zero-order chi connectivity index (χ0) is 44.0. The number of benzene rings is 3. The van der Waals surface area contributed by atoms with Crippen LogP contribution in [0.2, 0.25) is 0 Å². The lowest BCUT2D eigenvalue weighted by Crippen LogP contribution is -2.55. The molecule has 328 valence electrons. The maximum Gasteiger partial charge on any atom is 0.224 e. The van der Waals surface area contributed by atoms with Crippen LogP contribution in [0.5, 0.6) is 23.0 Å². The van der Waals surface area contributed by atoms with Crippen molar-refractivity contribution >= 4 is 23.3 Å². The van der Waals surface area contributed by atoms with Gasteiger partial charge in [0.05, 0.1) is 42.0 Å². The Morgan fingerprint density at radius 2 is 1.77 bits per heavy atom. The van der Waals surface area contributed by atoms with Gasteiger partial charge in [0, 0.05) is 42.4 Å². The summed E-state index contributed by atoms with van der Waals surface area (Å²) < 4.78 is 17.7. The molecule has 0 unspecified atom stereocenters. The van der Waals surface area contributed by atoms with Crippen LogP contribution in [0.25, 0.3) is 0 Å². The number of carbonyl (C=O) groups excluding carboxylic acids is 4.